The minimum absolute atomic E-state index is 0. The zero-order valence-electron chi connectivity index (χ0n) is 11.1. The summed E-state index contributed by atoms with van der Waals surface area (Å²) >= 11 is 1.95. The summed E-state index contributed by atoms with van der Waals surface area (Å²) in [6.07, 6.45) is 7.89. The van der Waals surface area contributed by atoms with E-state index in [2.05, 4.69) is 42.6 Å². The summed E-state index contributed by atoms with van der Waals surface area (Å²) in [5.41, 5.74) is 0. The standard InChI is InChI=1S/4C3H5.2Al.2H/c4*1-3-2;;;;/h4*3H,1-2H2;;;;/q;;;;;+2;2*-1. The largest absolute Gasteiger partial charge is 1.00 e. The molecule has 0 spiro atoms. The maximum absolute atomic E-state index is 3.73. The Labute approximate surface area is 105 Å². The topological polar surface area (TPSA) is 0 Å². The first-order chi connectivity index (χ1) is 6.76. The van der Waals surface area contributed by atoms with E-state index in [1.807, 2.05) is 24.3 Å². The Morgan fingerprint density at radius 2 is 1.14 bits per heavy atom. The summed E-state index contributed by atoms with van der Waals surface area (Å²) in [4.78, 5) is 0. The molecule has 0 aliphatic carbocycles. The Balaban J connectivity index is -0.000000105. The Bertz CT molecular complexity index is 147. The van der Waals surface area contributed by atoms with Gasteiger partial charge in [0.05, 0.1) is 0 Å². The van der Waals surface area contributed by atoms with Gasteiger partial charge in [-0.1, -0.05) is 15.8 Å². The summed E-state index contributed by atoms with van der Waals surface area (Å²) in [7, 11) is 0. The van der Waals surface area contributed by atoms with E-state index < -0.39 is 14.1 Å². The smallest absolute Gasteiger partial charge is 0.274 e. The van der Waals surface area contributed by atoms with E-state index in [0.29, 0.717) is 0 Å². The van der Waals surface area contributed by atoms with E-state index in [9.17, 15) is 0 Å². The van der Waals surface area contributed by atoms with Crippen LogP contribution in [-0.4, -0.2) is 30.4 Å². The number of rotatable bonds is 7. The first-order valence-corrected chi connectivity index (χ1v) is 8.16. The molecule has 0 bridgehead atoms. The van der Waals surface area contributed by atoms with Crippen LogP contribution in [0.5, 0.6) is 0 Å². The van der Waals surface area contributed by atoms with Crippen LogP contribution in [0.25, 0.3) is 0 Å². The van der Waals surface area contributed by atoms with Crippen LogP contribution in [0.15, 0.2) is 50.6 Å². The molecule has 0 aliphatic heterocycles. The molecule has 2 heteroatoms. The van der Waals surface area contributed by atoms with E-state index in [4.69, 9.17) is 0 Å². The van der Waals surface area contributed by atoms with Crippen molar-refractivity contribution in [2.45, 2.75) is 21.1 Å². The molecule has 0 unspecified atom stereocenters. The second-order valence-corrected chi connectivity index (χ2v) is 6.58. The number of allylic oxidation sites excluding steroid dienone is 4. The molecule has 0 N–H and O–H groups in total. The van der Waals surface area contributed by atoms with Gasteiger partial charge in [0.1, 0.15) is 0 Å². The maximum atomic E-state index is 3.73. The quantitative estimate of drug-likeness (QED) is 0.449. The molecule has 0 heterocycles. The van der Waals surface area contributed by atoms with Gasteiger partial charge in [-0.25, -0.2) is 0 Å². The molecule has 0 fully saturated rings. The molecule has 0 aromatic rings. The normalized spacial score (nSPS) is 7.86. The third-order valence-electron chi connectivity index (χ3n) is 1.67. The van der Waals surface area contributed by atoms with Gasteiger partial charge in [0, 0.05) is 0 Å². The van der Waals surface area contributed by atoms with Gasteiger partial charge < -0.3 is 2.85 Å². The predicted octanol–water partition coefficient (Wildman–Crippen LogP) is 4.02. The van der Waals surface area contributed by atoms with Crippen LogP contribution in [0.2, 0.25) is 21.1 Å². The molecule has 0 amide bonds. The predicted molar refractivity (Wildman–Crippen MR) is 73.7 cm³/mol. The molecule has 0 aliphatic rings. The van der Waals surface area contributed by atoms with Crippen molar-refractivity contribution in [2.24, 2.45) is 0 Å². The van der Waals surface area contributed by atoms with E-state index >= 15 is 0 Å². The summed E-state index contributed by atoms with van der Waals surface area (Å²) < 4.78 is 0. The van der Waals surface area contributed by atoms with Gasteiger partial charge >= 0.3 is 34.2 Å². The molecule has 0 saturated heterocycles. The van der Waals surface area contributed by atoms with Gasteiger partial charge in [-0.15, -0.1) is 38.0 Å². The summed E-state index contributed by atoms with van der Waals surface area (Å²) in [5, 5.41) is 4.62. The van der Waals surface area contributed by atoms with Crippen molar-refractivity contribution < 1.29 is 2.85 Å². The van der Waals surface area contributed by atoms with Crippen molar-refractivity contribution in [3.05, 3.63) is 50.6 Å². The second kappa shape index (κ2) is 15.5. The molecule has 0 atom stereocenters. The van der Waals surface area contributed by atoms with Crippen LogP contribution in [0.1, 0.15) is 2.85 Å². The molecule has 0 radical (unpaired) electrons. The van der Waals surface area contributed by atoms with Crippen LogP contribution in [0.3, 0.4) is 0 Å². The average molecular weight is 220 g/mol. The van der Waals surface area contributed by atoms with Crippen molar-refractivity contribution in [1.29, 1.82) is 0 Å². The minimum Gasteiger partial charge on any atom is -1.00 e. The van der Waals surface area contributed by atoms with Crippen LogP contribution in [-0.2, 0) is 0 Å². The molecule has 0 saturated carbocycles. The zero-order valence-corrected chi connectivity index (χ0v) is 11.4. The molecular weight excluding hydrogens is 198 g/mol. The average Bonchev–Trinajstić information content (AvgIpc) is 2.20. The third kappa shape index (κ3) is 14.5. The van der Waals surface area contributed by atoms with Gasteiger partial charge in [-0.3, -0.25) is 0 Å². The molecule has 0 aromatic heterocycles. The van der Waals surface area contributed by atoms with Gasteiger partial charge in [-0.05, 0) is 0 Å². The molecule has 0 rings (SSSR count). The second-order valence-electron chi connectivity index (χ2n) is 2.96. The Morgan fingerprint density at radius 1 is 0.857 bits per heavy atom. The van der Waals surface area contributed by atoms with E-state index in [1.54, 1.807) is 0 Å². The number of hydrogen-bond acceptors (Lipinski definition) is 0. The molecule has 76 valence electrons. The van der Waals surface area contributed by atoms with Crippen LogP contribution in [0, 0.1) is 0 Å². The van der Waals surface area contributed by atoms with E-state index in [0.717, 1.165) is 5.28 Å². The maximum Gasteiger partial charge on any atom is 0.274 e. The fourth-order valence-corrected chi connectivity index (χ4v) is 2.99. The molecule has 0 aromatic carbocycles. The molecule has 0 nitrogen and oxygen atoms in total. The summed E-state index contributed by atoms with van der Waals surface area (Å²) in [6, 6.07) is 0. The van der Waals surface area contributed by atoms with Crippen LogP contribution < -0.4 is 0 Å². The first-order valence-electron chi connectivity index (χ1n) is 4.90. The Morgan fingerprint density at radius 3 is 1.29 bits per heavy atom. The summed E-state index contributed by atoms with van der Waals surface area (Å²) in [6.45, 7) is 14.7. The van der Waals surface area contributed by atoms with Crippen molar-refractivity contribution in [1.82, 2.24) is 0 Å². The fraction of sp³-hybridized carbons (Fsp3) is 0.333. The van der Waals surface area contributed by atoms with Gasteiger partial charge in [-0.2, -0.15) is 0 Å². The monoisotopic (exact) mass is 220 g/mol. The van der Waals surface area contributed by atoms with Gasteiger partial charge in [0.25, 0.3) is 14.1 Å². The first kappa shape index (κ1) is 16.5. The number of hydrogen-bond donors (Lipinski definition) is 0. The van der Waals surface area contributed by atoms with E-state index in [-0.39, 0.29) is 2.85 Å². The van der Waals surface area contributed by atoms with Crippen molar-refractivity contribution >= 4 is 30.4 Å². The van der Waals surface area contributed by atoms with Gasteiger partial charge in [0.2, 0.25) is 0 Å². The minimum atomic E-state index is -0.588. The Kier molecular flexibility index (Phi) is 18.2. The summed E-state index contributed by atoms with van der Waals surface area (Å²) in [5.74, 6) is 0. The SMILES string of the molecule is C=C[CH2][Al+2].C=C[CH2][Al]([CH2]C=C)[CH2]C=C.[H-].[H-]. The van der Waals surface area contributed by atoms with Gasteiger partial charge in [0.15, 0.2) is 0 Å². The van der Waals surface area contributed by atoms with Crippen molar-refractivity contribution in [2.75, 3.05) is 0 Å². The van der Waals surface area contributed by atoms with Crippen molar-refractivity contribution in [3.8, 4) is 0 Å². The zero-order chi connectivity index (χ0) is 11.2. The molecular formula is C12H22Al2. The van der Waals surface area contributed by atoms with E-state index in [1.165, 1.54) is 15.8 Å². The van der Waals surface area contributed by atoms with Crippen LogP contribution >= 0.6 is 0 Å². The van der Waals surface area contributed by atoms with Crippen LogP contribution in [0.4, 0.5) is 0 Å². The van der Waals surface area contributed by atoms with Crippen molar-refractivity contribution in [3.63, 3.8) is 0 Å². The Hall–Kier alpha value is 0.0249. The fourth-order valence-electron chi connectivity index (χ4n) is 0.996. The molecule has 14 heavy (non-hydrogen) atoms. The third-order valence-corrected chi connectivity index (χ3v) is 5.00.